The number of nitrogens with zero attached hydrogens (tertiary/aromatic N) is 3. The van der Waals surface area contributed by atoms with Crippen LogP contribution in [0.5, 0.6) is 0 Å². The highest BCUT2D eigenvalue weighted by Gasteiger charge is 2.27. The zero-order valence-electron chi connectivity index (χ0n) is 12.7. The van der Waals surface area contributed by atoms with Crippen molar-refractivity contribution < 1.29 is 5.11 Å². The molecular weight excluding hydrogens is 238 g/mol. The van der Waals surface area contributed by atoms with Crippen LogP contribution < -0.4 is 0 Å². The highest BCUT2D eigenvalue weighted by molar-refractivity contribution is 5.24. The summed E-state index contributed by atoms with van der Waals surface area (Å²) in [6.07, 6.45) is 2.05. The van der Waals surface area contributed by atoms with Crippen LogP contribution in [0.3, 0.4) is 0 Å². The molecule has 1 fully saturated rings. The predicted octanol–water partition coefficient (Wildman–Crippen LogP) is 2.11. The molecule has 0 spiro atoms. The van der Waals surface area contributed by atoms with Crippen LogP contribution >= 0.6 is 0 Å². The smallest absolute Gasteiger partial charge is 0.0641 e. The molecule has 1 aliphatic rings. The molecule has 0 radical (unpaired) electrons. The molecular formula is C15H27N3O. The Hall–Kier alpha value is -0.870. The van der Waals surface area contributed by atoms with Gasteiger partial charge >= 0.3 is 0 Å². The third kappa shape index (κ3) is 3.18. The van der Waals surface area contributed by atoms with E-state index in [2.05, 4.69) is 35.5 Å². The van der Waals surface area contributed by atoms with Gasteiger partial charge in [0.2, 0.25) is 0 Å². The zero-order chi connectivity index (χ0) is 14.0. The van der Waals surface area contributed by atoms with Crippen molar-refractivity contribution >= 4 is 0 Å². The third-order valence-electron chi connectivity index (χ3n) is 4.34. The summed E-state index contributed by atoms with van der Waals surface area (Å²) in [6, 6.07) is 0. The fraction of sp³-hybridized carbons (Fsp3) is 0.800. The molecule has 2 heterocycles. The summed E-state index contributed by atoms with van der Waals surface area (Å²) in [5.41, 5.74) is 3.84. The second kappa shape index (κ2) is 6.06. The second-order valence-electron chi connectivity index (χ2n) is 5.90. The molecule has 1 aliphatic heterocycles. The van der Waals surface area contributed by atoms with E-state index in [1.54, 1.807) is 0 Å². The van der Waals surface area contributed by atoms with Crippen LogP contribution in [0.2, 0.25) is 0 Å². The number of hydrogen-bond donors (Lipinski definition) is 1. The van der Waals surface area contributed by atoms with E-state index in [9.17, 15) is 5.11 Å². The Morgan fingerprint density at radius 2 is 2.16 bits per heavy atom. The predicted molar refractivity (Wildman–Crippen MR) is 77.1 cm³/mol. The number of aliphatic hydroxyl groups excluding tert-OH is 1. The maximum atomic E-state index is 9.68. The number of aryl methyl sites for hydroxylation is 2. The molecule has 1 aromatic heterocycles. The molecule has 0 bridgehead atoms. The van der Waals surface area contributed by atoms with E-state index in [1.807, 2.05) is 6.92 Å². The van der Waals surface area contributed by atoms with E-state index in [0.29, 0.717) is 5.92 Å². The molecule has 108 valence electrons. The molecule has 1 saturated heterocycles. The van der Waals surface area contributed by atoms with E-state index < -0.39 is 0 Å². The Kier molecular flexibility index (Phi) is 4.63. The van der Waals surface area contributed by atoms with Crippen molar-refractivity contribution in [3.63, 3.8) is 0 Å². The van der Waals surface area contributed by atoms with Gasteiger partial charge in [-0.05, 0) is 46.1 Å². The van der Waals surface area contributed by atoms with Gasteiger partial charge in [-0.25, -0.2) is 0 Å². The molecule has 19 heavy (non-hydrogen) atoms. The summed E-state index contributed by atoms with van der Waals surface area (Å²) in [5.74, 6) is 0.436. The molecule has 1 aromatic rings. The lowest BCUT2D eigenvalue weighted by molar-refractivity contribution is 0.127. The van der Waals surface area contributed by atoms with Crippen LogP contribution in [0.25, 0.3) is 0 Å². The van der Waals surface area contributed by atoms with Gasteiger partial charge in [0, 0.05) is 30.9 Å². The standard InChI is InChI=1S/C15H27N3O/c1-5-7-18-12(3)15(11(2)16-18)10-17-8-6-14(9-17)13(4)19/h13-14,19H,5-10H2,1-4H3. The zero-order valence-corrected chi connectivity index (χ0v) is 12.7. The number of aliphatic hydroxyl groups is 1. The Morgan fingerprint density at radius 3 is 2.74 bits per heavy atom. The third-order valence-corrected chi connectivity index (χ3v) is 4.34. The summed E-state index contributed by atoms with van der Waals surface area (Å²) < 4.78 is 2.13. The van der Waals surface area contributed by atoms with Crippen LogP contribution in [0.15, 0.2) is 0 Å². The van der Waals surface area contributed by atoms with Crippen LogP contribution in [-0.2, 0) is 13.1 Å². The highest BCUT2D eigenvalue weighted by atomic mass is 16.3. The fourth-order valence-electron chi connectivity index (χ4n) is 3.02. The first kappa shape index (κ1) is 14.5. The van der Waals surface area contributed by atoms with Gasteiger partial charge in [0.15, 0.2) is 0 Å². The van der Waals surface area contributed by atoms with Crippen LogP contribution in [-0.4, -0.2) is 39.0 Å². The largest absolute Gasteiger partial charge is 0.393 e. The summed E-state index contributed by atoms with van der Waals surface area (Å²) in [6.45, 7) is 12.5. The first-order valence-electron chi connectivity index (χ1n) is 7.46. The van der Waals surface area contributed by atoms with Crippen LogP contribution in [0.4, 0.5) is 0 Å². The van der Waals surface area contributed by atoms with Crippen LogP contribution in [0, 0.1) is 19.8 Å². The van der Waals surface area contributed by atoms with Gasteiger partial charge in [0.1, 0.15) is 0 Å². The van der Waals surface area contributed by atoms with Gasteiger partial charge in [0.25, 0.3) is 0 Å². The minimum atomic E-state index is -0.185. The van der Waals surface area contributed by atoms with Crippen molar-refractivity contribution in [3.05, 3.63) is 17.0 Å². The number of rotatable bonds is 5. The second-order valence-corrected chi connectivity index (χ2v) is 5.90. The molecule has 0 amide bonds. The maximum absolute atomic E-state index is 9.68. The van der Waals surface area contributed by atoms with Gasteiger partial charge in [-0.15, -0.1) is 0 Å². The van der Waals surface area contributed by atoms with Gasteiger partial charge in [0.05, 0.1) is 11.8 Å². The average Bonchev–Trinajstić information content (AvgIpc) is 2.91. The Morgan fingerprint density at radius 1 is 1.42 bits per heavy atom. The molecule has 1 N–H and O–H groups in total. The lowest BCUT2D eigenvalue weighted by atomic mass is 10.0. The summed E-state index contributed by atoms with van der Waals surface area (Å²) in [7, 11) is 0. The minimum Gasteiger partial charge on any atom is -0.393 e. The molecule has 2 unspecified atom stereocenters. The van der Waals surface area contributed by atoms with E-state index in [-0.39, 0.29) is 6.10 Å². The quantitative estimate of drug-likeness (QED) is 0.886. The highest BCUT2D eigenvalue weighted by Crippen LogP contribution is 2.23. The van der Waals surface area contributed by atoms with Crippen molar-refractivity contribution in [1.29, 1.82) is 0 Å². The molecule has 0 aromatic carbocycles. The Bertz CT molecular complexity index is 425. The number of aromatic nitrogens is 2. The van der Waals surface area contributed by atoms with Crippen LogP contribution in [0.1, 0.15) is 43.6 Å². The average molecular weight is 265 g/mol. The van der Waals surface area contributed by atoms with Gasteiger partial charge < -0.3 is 5.11 Å². The number of hydrogen-bond acceptors (Lipinski definition) is 3. The van der Waals surface area contributed by atoms with E-state index in [4.69, 9.17) is 0 Å². The molecule has 0 saturated carbocycles. The van der Waals surface area contributed by atoms with Crippen molar-refractivity contribution in [3.8, 4) is 0 Å². The first-order chi connectivity index (χ1) is 9.02. The summed E-state index contributed by atoms with van der Waals surface area (Å²) >= 11 is 0. The van der Waals surface area contributed by atoms with Crippen molar-refractivity contribution in [2.24, 2.45) is 5.92 Å². The molecule has 4 nitrogen and oxygen atoms in total. The van der Waals surface area contributed by atoms with Gasteiger partial charge in [-0.2, -0.15) is 5.10 Å². The minimum absolute atomic E-state index is 0.185. The summed E-state index contributed by atoms with van der Waals surface area (Å²) in [5, 5.41) is 14.3. The fourth-order valence-corrected chi connectivity index (χ4v) is 3.02. The first-order valence-corrected chi connectivity index (χ1v) is 7.46. The topological polar surface area (TPSA) is 41.3 Å². The SMILES string of the molecule is CCCn1nc(C)c(CN2CCC(C(C)O)C2)c1C. The van der Waals surface area contributed by atoms with E-state index in [1.165, 1.54) is 11.3 Å². The van der Waals surface area contributed by atoms with Gasteiger partial charge in [-0.1, -0.05) is 6.92 Å². The lowest BCUT2D eigenvalue weighted by Gasteiger charge is -2.17. The Labute approximate surface area is 116 Å². The maximum Gasteiger partial charge on any atom is 0.0641 e. The monoisotopic (exact) mass is 265 g/mol. The molecule has 0 aliphatic carbocycles. The van der Waals surface area contributed by atoms with E-state index in [0.717, 1.165) is 44.7 Å². The molecule has 4 heteroatoms. The Balaban J connectivity index is 2.04. The van der Waals surface area contributed by atoms with Crippen molar-refractivity contribution in [2.45, 2.75) is 59.7 Å². The van der Waals surface area contributed by atoms with Gasteiger partial charge in [-0.3, -0.25) is 9.58 Å². The van der Waals surface area contributed by atoms with Crippen molar-refractivity contribution in [2.75, 3.05) is 13.1 Å². The van der Waals surface area contributed by atoms with Crippen molar-refractivity contribution in [1.82, 2.24) is 14.7 Å². The molecule has 2 rings (SSSR count). The van der Waals surface area contributed by atoms with E-state index >= 15 is 0 Å². The summed E-state index contributed by atoms with van der Waals surface area (Å²) in [4.78, 5) is 2.45. The molecule has 2 atom stereocenters. The number of likely N-dealkylation sites (tertiary alicyclic amines) is 1. The lowest BCUT2D eigenvalue weighted by Crippen LogP contribution is -2.24. The normalized spacial score (nSPS) is 22.1.